The summed E-state index contributed by atoms with van der Waals surface area (Å²) in [6.45, 7) is 3.32. The maximum Gasteiger partial charge on any atom is 0.303 e. The molecule has 0 aromatic heterocycles. The summed E-state index contributed by atoms with van der Waals surface area (Å²) in [5.74, 6) is -1.34. The van der Waals surface area contributed by atoms with Gasteiger partial charge >= 0.3 is 11.9 Å². The Morgan fingerprint density at radius 1 is 0.438 bits per heavy atom. The van der Waals surface area contributed by atoms with Crippen LogP contribution in [0.2, 0.25) is 0 Å². The monoisotopic (exact) mass is 876 g/mol. The number of aliphatic hydroxyl groups excluding tert-OH is 1. The molecule has 13 heteroatoms. The zero-order chi connectivity index (χ0) is 44.5. The number of benzene rings is 5. The molecule has 2 aliphatic rings. The fourth-order valence-corrected chi connectivity index (χ4v) is 7.66. The molecule has 0 radical (unpaired) electrons. The first-order valence-electron chi connectivity index (χ1n) is 21.5. The lowest BCUT2D eigenvalue weighted by Crippen LogP contribution is -2.66. The Bertz CT molecular complexity index is 2110. The highest BCUT2D eigenvalue weighted by atomic mass is 16.8. The number of carbonyl (C=O) groups is 2. The zero-order valence-electron chi connectivity index (χ0n) is 36.0. The predicted octanol–water partition coefficient (Wildman–Crippen LogP) is 6.87. The van der Waals surface area contributed by atoms with E-state index in [4.69, 9.17) is 47.4 Å². The van der Waals surface area contributed by atoms with Crippen molar-refractivity contribution in [2.75, 3.05) is 13.2 Å². The maximum atomic E-state index is 13.0. The van der Waals surface area contributed by atoms with Crippen LogP contribution >= 0.6 is 0 Å². The number of esters is 2. The molecule has 0 bridgehead atoms. The van der Waals surface area contributed by atoms with Crippen molar-refractivity contribution in [3.05, 3.63) is 179 Å². The van der Waals surface area contributed by atoms with E-state index in [1.54, 1.807) is 0 Å². The van der Waals surface area contributed by atoms with Gasteiger partial charge in [-0.1, -0.05) is 152 Å². The van der Waals surface area contributed by atoms with Gasteiger partial charge < -0.3 is 52.5 Å². The van der Waals surface area contributed by atoms with Gasteiger partial charge in [-0.05, 0) is 27.8 Å². The number of hydrogen-bond donors (Lipinski definition) is 1. The molecule has 0 unspecified atom stereocenters. The minimum Gasteiger partial charge on any atom is -0.454 e. The molecule has 10 atom stereocenters. The number of rotatable bonds is 21. The van der Waals surface area contributed by atoms with E-state index in [0.717, 1.165) is 27.8 Å². The Hall–Kier alpha value is -5.32. The Balaban J connectivity index is 1.23. The van der Waals surface area contributed by atoms with Crippen LogP contribution in [0.25, 0.3) is 0 Å². The van der Waals surface area contributed by atoms with E-state index >= 15 is 0 Å². The van der Waals surface area contributed by atoms with E-state index in [-0.39, 0.29) is 46.2 Å². The van der Waals surface area contributed by atoms with Gasteiger partial charge in [0.05, 0.1) is 46.2 Å². The molecule has 7 rings (SSSR count). The van der Waals surface area contributed by atoms with Gasteiger partial charge in [0.25, 0.3) is 0 Å². The third kappa shape index (κ3) is 13.6. The molecule has 0 saturated carbocycles. The van der Waals surface area contributed by atoms with Crippen LogP contribution in [0.1, 0.15) is 41.7 Å². The first-order chi connectivity index (χ1) is 31.3. The molecule has 64 heavy (non-hydrogen) atoms. The quantitative estimate of drug-likeness (QED) is 0.0767. The maximum absolute atomic E-state index is 13.0. The van der Waals surface area contributed by atoms with Crippen molar-refractivity contribution >= 4 is 11.9 Å². The van der Waals surface area contributed by atoms with Crippen LogP contribution in [0.4, 0.5) is 0 Å². The minimum atomic E-state index is -1.47. The number of hydrogen-bond acceptors (Lipinski definition) is 13. The summed E-state index contributed by atoms with van der Waals surface area (Å²) in [4.78, 5) is 25.8. The van der Waals surface area contributed by atoms with Crippen molar-refractivity contribution in [1.29, 1.82) is 0 Å². The van der Waals surface area contributed by atoms with E-state index in [2.05, 4.69) is 0 Å². The highest BCUT2D eigenvalue weighted by Crippen LogP contribution is 2.36. The van der Waals surface area contributed by atoms with Gasteiger partial charge in [-0.25, -0.2) is 0 Å². The van der Waals surface area contributed by atoms with Crippen molar-refractivity contribution in [2.45, 2.75) is 108 Å². The second-order valence-corrected chi connectivity index (χ2v) is 15.6. The fraction of sp³-hybridized carbons (Fsp3) is 0.373. The smallest absolute Gasteiger partial charge is 0.303 e. The van der Waals surface area contributed by atoms with E-state index in [0.29, 0.717) is 0 Å². The molecule has 2 fully saturated rings. The molecule has 5 aromatic rings. The summed E-state index contributed by atoms with van der Waals surface area (Å²) in [7, 11) is 0. The zero-order valence-corrected chi connectivity index (χ0v) is 36.0. The third-order valence-electron chi connectivity index (χ3n) is 10.7. The molecule has 0 aliphatic carbocycles. The molecule has 2 heterocycles. The molecular formula is C51H56O13. The van der Waals surface area contributed by atoms with Crippen molar-refractivity contribution in [3.8, 4) is 0 Å². The Morgan fingerprint density at radius 3 is 1.23 bits per heavy atom. The van der Waals surface area contributed by atoms with Gasteiger partial charge in [0.2, 0.25) is 0 Å². The summed E-state index contributed by atoms with van der Waals surface area (Å²) in [5, 5.41) is 12.2. The lowest BCUT2D eigenvalue weighted by molar-refractivity contribution is -0.369. The largest absolute Gasteiger partial charge is 0.454 e. The van der Waals surface area contributed by atoms with Crippen LogP contribution in [0.5, 0.6) is 0 Å². The van der Waals surface area contributed by atoms with Crippen molar-refractivity contribution < 1.29 is 62.1 Å². The average Bonchev–Trinajstić information content (AvgIpc) is 3.31. The first-order valence-corrected chi connectivity index (χ1v) is 21.5. The second kappa shape index (κ2) is 24.1. The molecule has 338 valence electrons. The summed E-state index contributed by atoms with van der Waals surface area (Å²) < 4.78 is 64.1. The normalized spacial score (nSPS) is 25.6. The van der Waals surface area contributed by atoms with E-state index in [1.165, 1.54) is 13.8 Å². The molecule has 2 aliphatic heterocycles. The van der Waals surface area contributed by atoms with Gasteiger partial charge in [-0.15, -0.1) is 0 Å². The predicted molar refractivity (Wildman–Crippen MR) is 233 cm³/mol. The van der Waals surface area contributed by atoms with Crippen LogP contribution in [0, 0.1) is 0 Å². The lowest BCUT2D eigenvalue weighted by atomic mass is 9.96. The lowest BCUT2D eigenvalue weighted by Gasteiger charge is -2.49. The van der Waals surface area contributed by atoms with Crippen LogP contribution in [0.15, 0.2) is 152 Å². The van der Waals surface area contributed by atoms with Crippen LogP contribution in [-0.2, 0) is 90.0 Å². The highest BCUT2D eigenvalue weighted by molar-refractivity contribution is 5.66. The number of ether oxygens (including phenoxy) is 10. The van der Waals surface area contributed by atoms with E-state index in [1.807, 2.05) is 152 Å². The third-order valence-corrected chi connectivity index (χ3v) is 10.7. The molecule has 0 spiro atoms. The van der Waals surface area contributed by atoms with E-state index < -0.39 is 73.4 Å². The molecule has 13 nitrogen and oxygen atoms in total. The average molecular weight is 877 g/mol. The fourth-order valence-electron chi connectivity index (χ4n) is 7.66. The SMILES string of the molecule is CC(=O)O[C@H]1[C@H](O[C@@H]2[C@@H](OC(C)=O)[C@H](OCc3ccccc3)O[C@H](COCc3ccccc3)[C@H]2OCc2ccccc2)O[C@H](COCc2ccccc2)[C@@H](OCc2ccccc2)[C@@H]1O. The molecule has 1 N–H and O–H groups in total. The Morgan fingerprint density at radius 2 is 0.797 bits per heavy atom. The first kappa shape index (κ1) is 46.7. The summed E-state index contributed by atoms with van der Waals surface area (Å²) in [6.07, 6.45) is -11.9. The topological polar surface area (TPSA) is 147 Å². The van der Waals surface area contributed by atoms with Crippen LogP contribution < -0.4 is 0 Å². The van der Waals surface area contributed by atoms with Gasteiger partial charge in [0.15, 0.2) is 24.8 Å². The van der Waals surface area contributed by atoms with Crippen LogP contribution in [0.3, 0.4) is 0 Å². The summed E-state index contributed by atoms with van der Waals surface area (Å²) in [6, 6.07) is 47.8. The van der Waals surface area contributed by atoms with Gasteiger partial charge in [0.1, 0.15) is 36.6 Å². The van der Waals surface area contributed by atoms with Crippen molar-refractivity contribution in [3.63, 3.8) is 0 Å². The van der Waals surface area contributed by atoms with Gasteiger partial charge in [-0.2, -0.15) is 0 Å². The molecule has 0 amide bonds. The minimum absolute atomic E-state index is 0.0130. The molecule has 2 saturated heterocycles. The number of carbonyl (C=O) groups excluding carboxylic acids is 2. The van der Waals surface area contributed by atoms with Crippen LogP contribution in [-0.4, -0.2) is 91.7 Å². The van der Waals surface area contributed by atoms with Crippen molar-refractivity contribution in [1.82, 2.24) is 0 Å². The molecular weight excluding hydrogens is 821 g/mol. The standard InChI is InChI=1S/C51H56O13/c1-35(52)60-47-44(54)45(57-30-39-22-12-5-13-23-39)42(33-55-28-37-18-8-3-9-19-37)63-51(47)64-48-46(58-31-40-24-14-6-15-25-40)43(34-56-29-38-20-10-4-11-21-38)62-50(49(48)61-36(2)53)59-32-41-26-16-7-17-27-41/h3-27,42-51,54H,28-34H2,1-2H3/t42-,43-,44+,45-,46-,47-,48+,49-,50-,51+/m1/s1. The van der Waals surface area contributed by atoms with Crippen molar-refractivity contribution in [2.24, 2.45) is 0 Å². The summed E-state index contributed by atoms with van der Waals surface area (Å²) >= 11 is 0. The number of aliphatic hydroxyl groups is 1. The highest BCUT2D eigenvalue weighted by Gasteiger charge is 2.55. The van der Waals surface area contributed by atoms with Gasteiger partial charge in [-0.3, -0.25) is 9.59 Å². The molecule has 5 aromatic carbocycles. The second-order valence-electron chi connectivity index (χ2n) is 15.6. The summed E-state index contributed by atoms with van der Waals surface area (Å²) in [5.41, 5.74) is 4.43. The Labute approximate surface area is 374 Å². The van der Waals surface area contributed by atoms with E-state index in [9.17, 15) is 14.7 Å². The van der Waals surface area contributed by atoms with Gasteiger partial charge in [0, 0.05) is 13.8 Å². The Kier molecular flexibility index (Phi) is 17.6.